The minimum Gasteiger partial charge on any atom is -0.463 e. The Hall–Kier alpha value is -1.95. The molecule has 0 saturated carbocycles. The van der Waals surface area contributed by atoms with Crippen molar-refractivity contribution in [2.24, 2.45) is 0 Å². The van der Waals surface area contributed by atoms with Gasteiger partial charge in [-0.15, -0.1) is 11.3 Å². The summed E-state index contributed by atoms with van der Waals surface area (Å²) in [5.41, 5.74) is 0.988. The summed E-state index contributed by atoms with van der Waals surface area (Å²) in [5, 5.41) is 1.01. The van der Waals surface area contributed by atoms with E-state index in [-0.39, 0.29) is 25.6 Å². The Kier molecular flexibility index (Phi) is 5.68. The van der Waals surface area contributed by atoms with Crippen molar-refractivity contribution in [2.45, 2.75) is 26.2 Å². The highest BCUT2D eigenvalue weighted by Crippen LogP contribution is 2.22. The van der Waals surface area contributed by atoms with Crippen LogP contribution in [-0.4, -0.2) is 30.1 Å². The molecule has 0 aliphatic rings. The SMILES string of the molecule is CCOC(=O)COC(=O)CCCc1nc2ccccc2s1. The van der Waals surface area contributed by atoms with Gasteiger partial charge >= 0.3 is 11.9 Å². The smallest absolute Gasteiger partial charge is 0.344 e. The summed E-state index contributed by atoms with van der Waals surface area (Å²) >= 11 is 1.64. The van der Waals surface area contributed by atoms with E-state index in [1.807, 2.05) is 24.3 Å². The standard InChI is InChI=1S/C15H17NO4S/c1-2-19-15(18)10-20-14(17)9-5-8-13-16-11-6-3-4-7-12(11)21-13/h3-4,6-7H,2,5,8-10H2,1H3. The molecule has 0 atom stereocenters. The average molecular weight is 307 g/mol. The molecule has 1 aromatic heterocycles. The fourth-order valence-corrected chi connectivity index (χ4v) is 2.83. The minimum absolute atomic E-state index is 0.273. The molecule has 21 heavy (non-hydrogen) atoms. The number of esters is 2. The average Bonchev–Trinajstić information content (AvgIpc) is 2.88. The van der Waals surface area contributed by atoms with E-state index in [0.717, 1.165) is 21.6 Å². The lowest BCUT2D eigenvalue weighted by molar-refractivity contribution is -0.158. The van der Waals surface area contributed by atoms with E-state index in [9.17, 15) is 9.59 Å². The van der Waals surface area contributed by atoms with Crippen LogP contribution in [0.2, 0.25) is 0 Å². The molecule has 0 aliphatic carbocycles. The lowest BCUT2D eigenvalue weighted by atomic mass is 10.2. The topological polar surface area (TPSA) is 65.5 Å². The normalized spacial score (nSPS) is 10.5. The van der Waals surface area contributed by atoms with Crippen LogP contribution in [-0.2, 0) is 25.5 Å². The van der Waals surface area contributed by atoms with E-state index in [1.54, 1.807) is 18.3 Å². The first-order valence-electron chi connectivity index (χ1n) is 6.84. The van der Waals surface area contributed by atoms with Gasteiger partial charge in [-0.2, -0.15) is 0 Å². The summed E-state index contributed by atoms with van der Waals surface area (Å²) in [7, 11) is 0. The van der Waals surface area contributed by atoms with Gasteiger partial charge in [0.1, 0.15) is 0 Å². The molecule has 0 fully saturated rings. The summed E-state index contributed by atoms with van der Waals surface area (Å²) < 4.78 is 10.6. The van der Waals surface area contributed by atoms with E-state index in [4.69, 9.17) is 4.74 Å². The number of hydrogen-bond donors (Lipinski definition) is 0. The Balaban J connectivity index is 1.71. The number of hydrogen-bond acceptors (Lipinski definition) is 6. The van der Waals surface area contributed by atoms with Crippen LogP contribution in [0.3, 0.4) is 0 Å². The van der Waals surface area contributed by atoms with Crippen LogP contribution in [0.1, 0.15) is 24.8 Å². The molecule has 1 aromatic carbocycles. The third-order valence-electron chi connectivity index (χ3n) is 2.77. The number of rotatable bonds is 7. The lowest BCUT2D eigenvalue weighted by Crippen LogP contribution is -2.16. The minimum atomic E-state index is -0.517. The van der Waals surface area contributed by atoms with E-state index < -0.39 is 5.97 Å². The molecular weight excluding hydrogens is 290 g/mol. The van der Waals surface area contributed by atoms with Crippen molar-refractivity contribution < 1.29 is 19.1 Å². The third-order valence-corrected chi connectivity index (χ3v) is 3.86. The molecule has 2 aromatic rings. The molecule has 0 amide bonds. The van der Waals surface area contributed by atoms with Gasteiger partial charge in [-0.3, -0.25) is 4.79 Å². The highest BCUT2D eigenvalue weighted by atomic mass is 32.1. The van der Waals surface area contributed by atoms with E-state index in [1.165, 1.54) is 0 Å². The summed E-state index contributed by atoms with van der Waals surface area (Å²) in [6.07, 6.45) is 1.66. The molecule has 0 N–H and O–H groups in total. The summed E-state index contributed by atoms with van der Waals surface area (Å²) in [5.74, 6) is -0.902. The second-order valence-electron chi connectivity index (χ2n) is 4.39. The van der Waals surface area contributed by atoms with Crippen LogP contribution < -0.4 is 0 Å². The summed E-state index contributed by atoms with van der Waals surface area (Å²) in [4.78, 5) is 27.0. The van der Waals surface area contributed by atoms with Crippen molar-refractivity contribution in [3.63, 3.8) is 0 Å². The zero-order valence-electron chi connectivity index (χ0n) is 11.8. The van der Waals surface area contributed by atoms with Crippen molar-refractivity contribution in [3.8, 4) is 0 Å². The molecule has 2 rings (SSSR count). The van der Waals surface area contributed by atoms with Gasteiger partial charge in [0, 0.05) is 6.42 Å². The summed E-state index contributed by atoms with van der Waals surface area (Å²) in [6.45, 7) is 1.68. The van der Waals surface area contributed by atoms with E-state index >= 15 is 0 Å². The number of thiazole rings is 1. The van der Waals surface area contributed by atoms with Gasteiger partial charge < -0.3 is 9.47 Å². The molecule has 0 radical (unpaired) electrons. The van der Waals surface area contributed by atoms with Crippen molar-refractivity contribution in [2.75, 3.05) is 13.2 Å². The zero-order valence-corrected chi connectivity index (χ0v) is 12.6. The molecule has 0 spiro atoms. The first-order chi connectivity index (χ1) is 10.2. The van der Waals surface area contributed by atoms with Crippen molar-refractivity contribution in [1.29, 1.82) is 0 Å². The quantitative estimate of drug-likeness (QED) is 0.736. The maximum atomic E-state index is 11.5. The fourth-order valence-electron chi connectivity index (χ4n) is 1.83. The van der Waals surface area contributed by atoms with Gasteiger partial charge in [-0.1, -0.05) is 12.1 Å². The van der Waals surface area contributed by atoms with E-state index in [2.05, 4.69) is 9.72 Å². The number of ether oxygens (including phenoxy) is 2. The van der Waals surface area contributed by atoms with Gasteiger partial charge in [-0.25, -0.2) is 9.78 Å². The predicted octanol–water partition coefficient (Wildman–Crippen LogP) is 2.73. The Labute approximate surface area is 126 Å². The van der Waals surface area contributed by atoms with Gasteiger partial charge in [-0.05, 0) is 31.9 Å². The number of carbonyl (C=O) groups is 2. The van der Waals surface area contributed by atoms with Crippen LogP contribution in [0.15, 0.2) is 24.3 Å². The maximum Gasteiger partial charge on any atom is 0.344 e. The van der Waals surface area contributed by atoms with Gasteiger partial charge in [0.25, 0.3) is 0 Å². The molecule has 0 bridgehead atoms. The number of carbonyl (C=O) groups excluding carboxylic acids is 2. The number of benzene rings is 1. The first kappa shape index (κ1) is 15.4. The van der Waals surface area contributed by atoms with Gasteiger partial charge in [0.15, 0.2) is 6.61 Å². The second-order valence-corrected chi connectivity index (χ2v) is 5.51. The molecule has 0 unspecified atom stereocenters. The lowest BCUT2D eigenvalue weighted by Gasteiger charge is -2.03. The molecule has 0 saturated heterocycles. The Bertz CT molecular complexity index is 590. The number of fused-ring (bicyclic) bond motifs is 1. The molecule has 1 heterocycles. The largest absolute Gasteiger partial charge is 0.463 e. The zero-order chi connectivity index (χ0) is 15.1. The Morgan fingerprint density at radius 3 is 2.76 bits per heavy atom. The highest BCUT2D eigenvalue weighted by Gasteiger charge is 2.09. The van der Waals surface area contributed by atoms with Crippen LogP contribution in [0.4, 0.5) is 0 Å². The molecule has 112 valence electrons. The van der Waals surface area contributed by atoms with Crippen molar-refractivity contribution in [1.82, 2.24) is 4.98 Å². The molecule has 5 nitrogen and oxygen atoms in total. The third kappa shape index (κ3) is 4.82. The van der Waals surface area contributed by atoms with Crippen LogP contribution in [0, 0.1) is 0 Å². The highest BCUT2D eigenvalue weighted by molar-refractivity contribution is 7.18. The van der Waals surface area contributed by atoms with Crippen LogP contribution in [0.5, 0.6) is 0 Å². The van der Waals surface area contributed by atoms with Gasteiger partial charge in [0.05, 0.1) is 21.8 Å². The summed E-state index contributed by atoms with van der Waals surface area (Å²) in [6, 6.07) is 7.95. The number of aryl methyl sites for hydroxylation is 1. The van der Waals surface area contributed by atoms with Crippen molar-refractivity contribution in [3.05, 3.63) is 29.3 Å². The monoisotopic (exact) mass is 307 g/mol. The van der Waals surface area contributed by atoms with Crippen LogP contribution in [0.25, 0.3) is 10.2 Å². The van der Waals surface area contributed by atoms with Crippen LogP contribution >= 0.6 is 11.3 Å². The maximum absolute atomic E-state index is 11.5. The Morgan fingerprint density at radius 1 is 1.19 bits per heavy atom. The number of para-hydroxylation sites is 1. The fraction of sp³-hybridized carbons (Fsp3) is 0.400. The molecule has 6 heteroatoms. The predicted molar refractivity (Wildman–Crippen MR) is 80.2 cm³/mol. The number of aromatic nitrogens is 1. The Morgan fingerprint density at radius 2 is 2.00 bits per heavy atom. The second kappa shape index (κ2) is 7.73. The molecule has 0 aliphatic heterocycles. The molecular formula is C15H17NO4S. The van der Waals surface area contributed by atoms with Gasteiger partial charge in [0.2, 0.25) is 0 Å². The van der Waals surface area contributed by atoms with E-state index in [0.29, 0.717) is 6.42 Å². The first-order valence-corrected chi connectivity index (χ1v) is 7.66. The number of nitrogens with zero attached hydrogens (tertiary/aromatic N) is 1. The van der Waals surface area contributed by atoms with Crippen molar-refractivity contribution >= 4 is 33.5 Å².